The van der Waals surface area contributed by atoms with Crippen LogP contribution in [-0.4, -0.2) is 68.6 Å². The van der Waals surface area contributed by atoms with E-state index in [0.717, 1.165) is 5.56 Å². The number of carboxylic acid groups (broad SMARTS) is 1. The van der Waals surface area contributed by atoms with Gasteiger partial charge in [0, 0.05) is 12.1 Å². The number of aliphatic imine (C=N–C) groups is 2. The second-order valence-corrected chi connectivity index (χ2v) is 7.12. The van der Waals surface area contributed by atoms with Gasteiger partial charge in [0.1, 0.15) is 18.7 Å². The third kappa shape index (κ3) is 3.96. The Balaban J connectivity index is 1.66. The lowest BCUT2D eigenvalue weighted by molar-refractivity contribution is -0.141. The molecule has 0 radical (unpaired) electrons. The Morgan fingerprint density at radius 3 is 2.84 bits per heavy atom. The molecule has 4 rings (SSSR count). The summed E-state index contributed by atoms with van der Waals surface area (Å²) in [4.78, 5) is 50.6. The highest BCUT2D eigenvalue weighted by molar-refractivity contribution is 5.81. The SMILES string of the molecule is CCNC(=O)n1ncc2c1C(CN=C=NC(=O)O)N1CC2N(OCc2ccccc2)C1=O. The molecule has 2 aliphatic heterocycles. The summed E-state index contributed by atoms with van der Waals surface area (Å²) in [5, 5.41) is 16.9. The number of aromatic nitrogens is 2. The molecule has 0 spiro atoms. The Bertz CT molecular complexity index is 1090. The molecular formula is C20H21N7O5. The van der Waals surface area contributed by atoms with Crippen molar-refractivity contribution >= 4 is 24.2 Å². The molecular weight excluding hydrogens is 418 g/mol. The van der Waals surface area contributed by atoms with Gasteiger partial charge in [0.15, 0.2) is 0 Å². The summed E-state index contributed by atoms with van der Waals surface area (Å²) >= 11 is 0. The Kier molecular flexibility index (Phi) is 5.97. The highest BCUT2D eigenvalue weighted by Crippen LogP contribution is 2.44. The molecule has 2 N–H and O–H groups in total. The van der Waals surface area contributed by atoms with Crippen molar-refractivity contribution in [3.05, 3.63) is 53.3 Å². The molecule has 1 aromatic heterocycles. The van der Waals surface area contributed by atoms with Gasteiger partial charge in [0.2, 0.25) is 0 Å². The number of hydrogen-bond acceptors (Lipinski definition) is 6. The number of hydroxylamine groups is 2. The van der Waals surface area contributed by atoms with Gasteiger partial charge in [0.05, 0.1) is 31.0 Å². The first-order valence-corrected chi connectivity index (χ1v) is 9.99. The standard InChI is InChI=1S/C20H21N7O5/c1-2-22-18(28)26-17-14(8-24-26)16-10-25(15(17)9-21-12-23-19(29)30)20(31)27(16)32-11-13-6-4-3-5-7-13/h3-8,15-16H,2,9-11H2,1H3,(H,22,28)(H,29,30). The highest BCUT2D eigenvalue weighted by atomic mass is 16.7. The van der Waals surface area contributed by atoms with E-state index in [9.17, 15) is 14.4 Å². The van der Waals surface area contributed by atoms with Crippen LogP contribution in [0.3, 0.4) is 0 Å². The van der Waals surface area contributed by atoms with Crippen LogP contribution in [0.4, 0.5) is 14.4 Å². The molecule has 0 aliphatic carbocycles. The molecule has 2 bridgehead atoms. The zero-order valence-electron chi connectivity index (χ0n) is 17.2. The smallest absolute Gasteiger partial charge is 0.440 e. The molecule has 2 unspecified atom stereocenters. The summed E-state index contributed by atoms with van der Waals surface area (Å²) in [6.45, 7) is 2.66. The third-order valence-electron chi connectivity index (χ3n) is 5.19. The van der Waals surface area contributed by atoms with Gasteiger partial charge in [-0.05, 0) is 12.5 Å². The second kappa shape index (κ2) is 9.00. The van der Waals surface area contributed by atoms with E-state index < -0.39 is 24.2 Å². The van der Waals surface area contributed by atoms with Crippen LogP contribution in [0.25, 0.3) is 0 Å². The number of carbonyl (C=O) groups excluding carboxylic acids is 2. The van der Waals surface area contributed by atoms with E-state index in [1.807, 2.05) is 30.3 Å². The molecule has 12 heteroatoms. The number of amides is 4. The maximum atomic E-state index is 13.1. The zero-order chi connectivity index (χ0) is 22.7. The Labute approximate surface area is 182 Å². The number of nitrogens with one attached hydrogen (secondary N) is 1. The summed E-state index contributed by atoms with van der Waals surface area (Å²) in [6, 6.07) is 9.62. The largest absolute Gasteiger partial charge is 0.463 e. The number of hydrogen-bond donors (Lipinski definition) is 2. The van der Waals surface area contributed by atoms with Gasteiger partial charge in [0.25, 0.3) is 0 Å². The predicted molar refractivity (Wildman–Crippen MR) is 110 cm³/mol. The number of carbonyl (C=O) groups is 3. The summed E-state index contributed by atoms with van der Waals surface area (Å²) in [7, 11) is 0. The first-order valence-electron chi connectivity index (χ1n) is 9.99. The average molecular weight is 439 g/mol. The zero-order valence-corrected chi connectivity index (χ0v) is 17.2. The van der Waals surface area contributed by atoms with Gasteiger partial charge >= 0.3 is 18.2 Å². The molecule has 166 valence electrons. The number of nitrogens with zero attached hydrogens (tertiary/aromatic N) is 6. The van der Waals surface area contributed by atoms with Crippen molar-refractivity contribution in [2.45, 2.75) is 25.6 Å². The minimum absolute atomic E-state index is 0.0418. The lowest BCUT2D eigenvalue weighted by Gasteiger charge is -2.29. The minimum Gasteiger partial charge on any atom is -0.463 e. The molecule has 1 aromatic carbocycles. The first-order chi connectivity index (χ1) is 15.5. The predicted octanol–water partition coefficient (Wildman–Crippen LogP) is 2.28. The summed E-state index contributed by atoms with van der Waals surface area (Å²) in [5.41, 5.74) is 2.06. The van der Waals surface area contributed by atoms with Crippen LogP contribution >= 0.6 is 0 Å². The van der Waals surface area contributed by atoms with Crippen LogP contribution in [0.15, 0.2) is 46.5 Å². The minimum atomic E-state index is -1.43. The van der Waals surface area contributed by atoms with Crippen molar-refractivity contribution in [1.29, 1.82) is 0 Å². The molecule has 1 fully saturated rings. The fraction of sp³-hybridized carbons (Fsp3) is 0.350. The summed E-state index contributed by atoms with van der Waals surface area (Å²) in [6.07, 6.45) is 0.120. The maximum Gasteiger partial charge on any atom is 0.440 e. The van der Waals surface area contributed by atoms with E-state index in [4.69, 9.17) is 9.94 Å². The van der Waals surface area contributed by atoms with E-state index in [2.05, 4.69) is 26.4 Å². The lowest BCUT2D eigenvalue weighted by Crippen LogP contribution is -2.39. The van der Waals surface area contributed by atoms with Crippen molar-refractivity contribution < 1.29 is 24.3 Å². The molecule has 4 amide bonds. The average Bonchev–Trinajstić information content (AvgIpc) is 3.34. The van der Waals surface area contributed by atoms with Crippen LogP contribution in [0, 0.1) is 0 Å². The fourth-order valence-corrected chi connectivity index (χ4v) is 3.83. The van der Waals surface area contributed by atoms with Crippen LogP contribution < -0.4 is 5.32 Å². The van der Waals surface area contributed by atoms with E-state index >= 15 is 0 Å². The highest BCUT2D eigenvalue weighted by Gasteiger charge is 2.51. The van der Waals surface area contributed by atoms with E-state index in [1.165, 1.54) is 14.6 Å². The van der Waals surface area contributed by atoms with Crippen molar-refractivity contribution in [3.63, 3.8) is 0 Å². The quantitative estimate of drug-likeness (QED) is 0.662. The van der Waals surface area contributed by atoms with Crippen LogP contribution in [0.1, 0.15) is 35.8 Å². The topological polar surface area (TPSA) is 142 Å². The summed E-state index contributed by atoms with van der Waals surface area (Å²) in [5.74, 6) is 0. The first kappa shape index (κ1) is 21.2. The monoisotopic (exact) mass is 439 g/mol. The van der Waals surface area contributed by atoms with Gasteiger partial charge in [-0.1, -0.05) is 30.3 Å². The van der Waals surface area contributed by atoms with Gasteiger partial charge in [-0.3, -0.25) is 4.84 Å². The molecule has 1 saturated heterocycles. The van der Waals surface area contributed by atoms with E-state index in [-0.39, 0.29) is 19.2 Å². The molecule has 2 aliphatic rings. The fourth-order valence-electron chi connectivity index (χ4n) is 3.83. The molecule has 3 heterocycles. The van der Waals surface area contributed by atoms with Gasteiger partial charge in [-0.2, -0.15) is 14.8 Å². The molecule has 2 aromatic rings. The Hall–Kier alpha value is -4.02. The van der Waals surface area contributed by atoms with Gasteiger partial charge in [-0.15, -0.1) is 4.99 Å². The number of urea groups is 1. The summed E-state index contributed by atoms with van der Waals surface area (Å²) < 4.78 is 1.21. The third-order valence-corrected chi connectivity index (χ3v) is 5.19. The maximum absolute atomic E-state index is 13.1. The van der Waals surface area contributed by atoms with Crippen LogP contribution in [0.5, 0.6) is 0 Å². The van der Waals surface area contributed by atoms with Crippen molar-refractivity contribution in [3.8, 4) is 0 Å². The number of rotatable bonds is 6. The van der Waals surface area contributed by atoms with Gasteiger partial charge in [-0.25, -0.2) is 19.4 Å². The second-order valence-electron chi connectivity index (χ2n) is 7.12. The number of benzene rings is 1. The number of fused-ring (bicyclic) bond motifs is 4. The van der Waals surface area contributed by atoms with Crippen LogP contribution in [-0.2, 0) is 11.4 Å². The van der Waals surface area contributed by atoms with Crippen LogP contribution in [0.2, 0.25) is 0 Å². The molecule has 32 heavy (non-hydrogen) atoms. The molecule has 12 nitrogen and oxygen atoms in total. The Morgan fingerprint density at radius 1 is 1.34 bits per heavy atom. The lowest BCUT2D eigenvalue weighted by atomic mass is 9.98. The van der Waals surface area contributed by atoms with E-state index in [1.54, 1.807) is 13.1 Å². The van der Waals surface area contributed by atoms with Crippen molar-refractivity contribution in [1.82, 2.24) is 25.1 Å². The normalized spacial score (nSPS) is 18.7. The molecule has 0 saturated carbocycles. The van der Waals surface area contributed by atoms with Crippen molar-refractivity contribution in [2.75, 3.05) is 19.6 Å². The molecule has 2 atom stereocenters. The van der Waals surface area contributed by atoms with Gasteiger partial charge < -0.3 is 15.3 Å². The van der Waals surface area contributed by atoms with Crippen molar-refractivity contribution in [2.24, 2.45) is 9.98 Å². The van der Waals surface area contributed by atoms with E-state index in [0.29, 0.717) is 24.3 Å². The Morgan fingerprint density at radius 2 is 2.12 bits per heavy atom.